The lowest BCUT2D eigenvalue weighted by Gasteiger charge is -2.43. The Morgan fingerprint density at radius 1 is 0.895 bits per heavy atom. The van der Waals surface area contributed by atoms with Crippen LogP contribution in [0.25, 0.3) is 21.7 Å². The summed E-state index contributed by atoms with van der Waals surface area (Å²) in [4.78, 5) is 46.4. The number of nitrogens with two attached hydrogens (primary N) is 1. The van der Waals surface area contributed by atoms with E-state index in [4.69, 9.17) is 24.5 Å². The summed E-state index contributed by atoms with van der Waals surface area (Å²) in [5.41, 5.74) is 14.4. The van der Waals surface area contributed by atoms with Crippen molar-refractivity contribution in [3.05, 3.63) is 102 Å². The van der Waals surface area contributed by atoms with Crippen LogP contribution in [0.3, 0.4) is 0 Å². The number of ether oxygens (including phenoxy) is 3. The third kappa shape index (κ3) is 11.2. The Kier molecular flexibility index (Phi) is 15.1. The maximum Gasteiger partial charge on any atom is 0.254 e. The number of piperazine rings is 1. The predicted octanol–water partition coefficient (Wildman–Crippen LogP) is 6.59. The summed E-state index contributed by atoms with van der Waals surface area (Å²) in [5, 5.41) is 36.8. The molecule has 19 nitrogen and oxygen atoms in total. The first-order valence-electron chi connectivity index (χ1n) is 26.7. The number of hydrogen-bond donors (Lipinski definition) is 4. The summed E-state index contributed by atoms with van der Waals surface area (Å²) in [5.74, 6) is 0.359. The number of pyridine rings is 1. The normalized spacial score (nSPS) is 23.2. The maximum atomic E-state index is 14.2. The van der Waals surface area contributed by atoms with Crippen LogP contribution >= 0.6 is 11.3 Å². The smallest absolute Gasteiger partial charge is 0.254 e. The van der Waals surface area contributed by atoms with Crippen LogP contribution in [0, 0.1) is 12.8 Å². The van der Waals surface area contributed by atoms with Crippen molar-refractivity contribution in [2.45, 2.75) is 121 Å². The molecule has 2 aromatic carbocycles. The number of phenols is 1. The number of carbonyl (C=O) groups is 2. The number of fused-ring (bicyclic) bond motifs is 2. The van der Waals surface area contributed by atoms with Gasteiger partial charge in [0.25, 0.3) is 5.88 Å². The first-order chi connectivity index (χ1) is 36.9. The van der Waals surface area contributed by atoms with E-state index in [9.17, 15) is 19.8 Å². The van der Waals surface area contributed by atoms with E-state index in [0.717, 1.165) is 97.8 Å². The second-order valence-electron chi connectivity index (χ2n) is 21.3. The molecule has 1 saturated carbocycles. The van der Waals surface area contributed by atoms with Crippen LogP contribution in [-0.2, 0) is 20.9 Å². The van der Waals surface area contributed by atoms with Gasteiger partial charge in [0, 0.05) is 107 Å². The second kappa shape index (κ2) is 22.4. The minimum absolute atomic E-state index is 0.0568. The molecule has 1 aliphatic carbocycles. The zero-order valence-corrected chi connectivity index (χ0v) is 44.1. The molecule has 4 saturated heterocycles. The fourth-order valence-electron chi connectivity index (χ4n) is 11.7. The lowest BCUT2D eigenvalue weighted by Crippen LogP contribution is -2.54. The first-order valence-corrected chi connectivity index (χ1v) is 27.6. The molecule has 11 rings (SSSR count). The van der Waals surface area contributed by atoms with Crippen molar-refractivity contribution in [3.8, 4) is 39.2 Å². The minimum Gasteiger partial charge on any atom is -0.507 e. The number of likely N-dealkylation sites (tertiary alicyclic amines) is 2. The Morgan fingerprint density at radius 3 is 2.41 bits per heavy atom. The number of β-amino-alcohol motifs (C(OH)–C–C–N with tert-alkyl or cyclic N) is 1. The number of aliphatic hydroxyl groups excluding tert-OH is 1. The number of anilines is 3. The minimum atomic E-state index is -0.817. The van der Waals surface area contributed by atoms with E-state index in [-0.39, 0.29) is 66.8 Å². The summed E-state index contributed by atoms with van der Waals surface area (Å²) in [6.45, 7) is 10.7. The summed E-state index contributed by atoms with van der Waals surface area (Å²) in [6.07, 6.45) is 7.25. The number of nitrogen functional groups attached to an aromatic ring is 1. The first kappa shape index (κ1) is 51.2. The molecular weight excluding hydrogens is 987 g/mol. The summed E-state index contributed by atoms with van der Waals surface area (Å²) < 4.78 is 24.7. The topological polar surface area (TPSA) is 231 Å². The quantitative estimate of drug-likeness (QED) is 0.0711. The van der Waals surface area contributed by atoms with Crippen LogP contribution in [-0.4, -0.2) is 146 Å². The molecule has 5 fully saturated rings. The van der Waals surface area contributed by atoms with Crippen molar-refractivity contribution in [2.24, 2.45) is 5.92 Å². The van der Waals surface area contributed by atoms with E-state index in [1.165, 1.54) is 4.90 Å². The number of aryl methyl sites for hydroxylation is 1. The van der Waals surface area contributed by atoms with Crippen molar-refractivity contribution in [1.82, 2.24) is 40.4 Å². The van der Waals surface area contributed by atoms with Gasteiger partial charge in [0.05, 0.1) is 45.8 Å². The highest BCUT2D eigenvalue weighted by atomic mass is 32.1. The number of piperidine rings is 1. The number of phenolic OH excluding ortho intramolecular Hbond substituents is 1. The second-order valence-corrected chi connectivity index (χ2v) is 22.1. The number of para-hydroxylation sites is 1. The van der Waals surface area contributed by atoms with Crippen LogP contribution in [0.4, 0.5) is 17.2 Å². The average molecular weight is 1050 g/mol. The lowest BCUT2D eigenvalue weighted by atomic mass is 9.91. The number of rotatable bonds is 18. The van der Waals surface area contributed by atoms with Gasteiger partial charge in [-0.25, -0.2) is 9.97 Å². The van der Waals surface area contributed by atoms with Crippen LogP contribution in [0.1, 0.15) is 81.7 Å². The molecule has 0 radical (unpaired) electrons. The number of benzene rings is 2. The van der Waals surface area contributed by atoms with Crippen molar-refractivity contribution in [1.29, 1.82) is 0 Å². The fourth-order valence-corrected chi connectivity index (χ4v) is 12.5. The Balaban J connectivity index is 0.597. The van der Waals surface area contributed by atoms with Gasteiger partial charge in [-0.2, -0.15) is 0 Å². The number of aliphatic hydroxyl groups is 1. The Morgan fingerprint density at radius 2 is 1.67 bits per heavy atom. The highest BCUT2D eigenvalue weighted by molar-refractivity contribution is 7.13. The van der Waals surface area contributed by atoms with Crippen LogP contribution in [0.5, 0.6) is 17.5 Å². The number of nitrogens with zero attached hydrogens (tertiary/aromatic N) is 9. The Labute approximate surface area is 446 Å². The van der Waals surface area contributed by atoms with Gasteiger partial charge in [0.1, 0.15) is 30.4 Å². The molecular formula is C56H67N11O8S. The molecule has 5 aliphatic rings. The number of hydrogen-bond acceptors (Lipinski definition) is 18. The number of carbonyl (C=O) groups excluding carboxylic acids is 2. The van der Waals surface area contributed by atoms with Gasteiger partial charge in [0.15, 0.2) is 11.6 Å². The van der Waals surface area contributed by atoms with Crippen molar-refractivity contribution < 1.29 is 38.5 Å². The summed E-state index contributed by atoms with van der Waals surface area (Å²) >= 11 is 1.59. The third-order valence-corrected chi connectivity index (χ3v) is 16.8. The fraction of sp³-hybridized carbons (Fsp3) is 0.482. The molecule has 0 spiro atoms. The van der Waals surface area contributed by atoms with E-state index in [0.29, 0.717) is 54.3 Å². The maximum absolute atomic E-state index is 14.2. The third-order valence-electron chi connectivity index (χ3n) is 15.8. The average Bonchev–Trinajstić information content (AvgIpc) is 4.21. The van der Waals surface area contributed by atoms with Crippen molar-refractivity contribution in [2.75, 3.05) is 61.4 Å². The van der Waals surface area contributed by atoms with Gasteiger partial charge in [0.2, 0.25) is 17.7 Å². The summed E-state index contributed by atoms with van der Waals surface area (Å²) in [7, 11) is 0. The lowest BCUT2D eigenvalue weighted by molar-refractivity contribution is -0.141. The van der Waals surface area contributed by atoms with Gasteiger partial charge in [-0.1, -0.05) is 50.2 Å². The monoisotopic (exact) mass is 1050 g/mol. The van der Waals surface area contributed by atoms with Gasteiger partial charge in [-0.15, -0.1) is 21.5 Å². The number of nitrogens with one attached hydrogen (secondary N) is 1. The largest absolute Gasteiger partial charge is 0.507 e. The molecule has 6 aromatic rings. The highest BCUT2D eigenvalue weighted by Gasteiger charge is 2.44. The van der Waals surface area contributed by atoms with E-state index < -0.39 is 18.1 Å². The molecule has 8 heterocycles. The zero-order chi connectivity index (χ0) is 52.5. The van der Waals surface area contributed by atoms with Gasteiger partial charge in [-0.3, -0.25) is 14.5 Å². The number of thiazole rings is 1. The standard InChI is InChI=1S/C56H67N11O8S/c1-33(2)52(56(71)66-31-40(68)23-47(66)55(70)59-28-35-8-10-36(11-9-35)53-34(3)60-32-76-53)49-27-51(63-75-49)72-21-20-64-18-15-41(16-19-64)73-42-24-43(25-42)74-50-22-37(14-17-58-50)67-38-12-13-39(67)30-65(29-38)46-26-45(61-62-54(46)57)44-6-4-5-7-48(44)69/h4-11,14,17,22,26-27,32-33,38-43,47,52,68-69H,12-13,15-16,18-21,23-25,28-31H2,1-3H3,(H2,57,62)(H,59,70)/t38-,39?,40-,42?,43?,47+,52-/m1/s1. The van der Waals surface area contributed by atoms with E-state index in [1.54, 1.807) is 29.5 Å². The van der Waals surface area contributed by atoms with Crippen LogP contribution in [0.15, 0.2) is 89.0 Å². The number of aromatic hydroxyl groups is 1. The Bertz CT molecular complexity index is 2960. The zero-order valence-electron chi connectivity index (χ0n) is 43.2. The highest BCUT2D eigenvalue weighted by Crippen LogP contribution is 2.41. The number of aromatic nitrogens is 5. The molecule has 2 bridgehead atoms. The van der Waals surface area contributed by atoms with Gasteiger partial charge in [-0.05, 0) is 79.1 Å². The molecule has 20 heteroatoms. The van der Waals surface area contributed by atoms with E-state index >= 15 is 0 Å². The molecule has 76 heavy (non-hydrogen) atoms. The van der Waals surface area contributed by atoms with E-state index in [2.05, 4.69) is 57.5 Å². The van der Waals surface area contributed by atoms with Crippen LogP contribution in [0.2, 0.25) is 0 Å². The molecule has 4 aromatic heterocycles. The molecule has 5 N–H and O–H groups in total. The van der Waals surface area contributed by atoms with Gasteiger partial charge < -0.3 is 54.7 Å². The predicted molar refractivity (Wildman–Crippen MR) is 287 cm³/mol. The Hall–Kier alpha value is -6.87. The van der Waals surface area contributed by atoms with Crippen molar-refractivity contribution >= 4 is 40.3 Å². The molecule has 5 atom stereocenters. The molecule has 4 aliphatic heterocycles. The molecule has 1 unspecified atom stereocenters. The number of amides is 2. The van der Waals surface area contributed by atoms with Crippen molar-refractivity contribution in [3.63, 3.8) is 0 Å². The molecule has 2 amide bonds. The SMILES string of the molecule is Cc1ncsc1-c1ccc(CNC(=O)[C@@H]2C[C@@H](O)CN2C(=O)[C@@H](c2cc(OCCN3CCC(OC4CC(Oc5cc(N6C7CC[C@@H]6CN(c6cc(-c8ccccc8O)nnc6N)C7)ccn5)C4)CC3)no2)C(C)C)cc1. The summed E-state index contributed by atoms with van der Waals surface area (Å²) in [6, 6.07) is 22.6. The van der Waals surface area contributed by atoms with Crippen LogP contribution < -0.4 is 30.3 Å². The molecule has 400 valence electrons. The van der Waals surface area contributed by atoms with Gasteiger partial charge >= 0.3 is 0 Å². The van der Waals surface area contributed by atoms with E-state index in [1.807, 2.05) is 74.9 Å².